The number of aliphatic imine (C=N–C) groups is 1. The van der Waals surface area contributed by atoms with Crippen LogP contribution in [0.4, 0.5) is 11.4 Å². The van der Waals surface area contributed by atoms with Crippen LogP contribution in [0.3, 0.4) is 0 Å². The molecule has 0 radical (unpaired) electrons. The summed E-state index contributed by atoms with van der Waals surface area (Å²) in [4.78, 5) is 6.27. The fourth-order valence-corrected chi connectivity index (χ4v) is 1.97. The lowest BCUT2D eigenvalue weighted by Crippen LogP contribution is -2.35. The van der Waals surface area contributed by atoms with Gasteiger partial charge in [0, 0.05) is 13.1 Å². The normalized spacial score (nSPS) is 17.8. The molecule has 1 saturated heterocycles. The minimum atomic E-state index is -0.134. The van der Waals surface area contributed by atoms with Crippen molar-refractivity contribution in [3.05, 3.63) is 24.3 Å². The van der Waals surface area contributed by atoms with E-state index < -0.39 is 0 Å². The van der Waals surface area contributed by atoms with E-state index in [2.05, 4.69) is 22.7 Å². The highest BCUT2D eigenvalue weighted by Crippen LogP contribution is 2.29. The molecule has 1 aromatic carbocycles. The van der Waals surface area contributed by atoms with Crippen LogP contribution >= 0.6 is 0 Å². The Balaban J connectivity index is 2.18. The van der Waals surface area contributed by atoms with Gasteiger partial charge in [0.05, 0.1) is 17.5 Å². The van der Waals surface area contributed by atoms with Crippen LogP contribution < -0.4 is 4.90 Å². The van der Waals surface area contributed by atoms with E-state index in [1.54, 1.807) is 0 Å². The molecule has 1 aliphatic heterocycles. The molecule has 3 heteroatoms. The number of hydrogen-bond donors (Lipinski definition) is 1. The largest absolute Gasteiger partial charge is 0.393 e. The van der Waals surface area contributed by atoms with Gasteiger partial charge in [0.1, 0.15) is 0 Å². The lowest BCUT2D eigenvalue weighted by atomic mass is 10.1. The van der Waals surface area contributed by atoms with E-state index in [1.165, 1.54) is 0 Å². The molecule has 2 rings (SSSR count). The van der Waals surface area contributed by atoms with Gasteiger partial charge in [-0.25, -0.2) is 0 Å². The average molecular weight is 204 g/mol. The van der Waals surface area contributed by atoms with Crippen LogP contribution in [0.2, 0.25) is 0 Å². The van der Waals surface area contributed by atoms with E-state index in [0.29, 0.717) is 0 Å². The first kappa shape index (κ1) is 10.2. The zero-order valence-electron chi connectivity index (χ0n) is 8.76. The molecule has 80 valence electrons. The topological polar surface area (TPSA) is 35.8 Å². The molecule has 1 aromatic rings. The molecule has 15 heavy (non-hydrogen) atoms. The Hall–Kier alpha value is -1.35. The third-order valence-corrected chi connectivity index (χ3v) is 2.86. The monoisotopic (exact) mass is 204 g/mol. The van der Waals surface area contributed by atoms with Crippen LogP contribution in [0.25, 0.3) is 0 Å². The summed E-state index contributed by atoms with van der Waals surface area (Å²) < 4.78 is 0. The fourth-order valence-electron chi connectivity index (χ4n) is 1.97. The van der Waals surface area contributed by atoms with Crippen LogP contribution in [0.1, 0.15) is 12.8 Å². The summed E-state index contributed by atoms with van der Waals surface area (Å²) in [5.41, 5.74) is 2.05. The second-order valence-electron chi connectivity index (χ2n) is 3.87. The maximum absolute atomic E-state index is 9.44. The van der Waals surface area contributed by atoms with Crippen molar-refractivity contribution in [2.75, 3.05) is 18.0 Å². The standard InChI is InChI=1S/C12H16N2O/c1-13-11-4-2-3-5-12(11)14-8-6-10(15)7-9-14/h2-5,10,15H,1,6-9H2. The predicted octanol–water partition coefficient (Wildman–Crippen LogP) is 1.98. The second-order valence-corrected chi connectivity index (χ2v) is 3.87. The third kappa shape index (κ3) is 2.18. The van der Waals surface area contributed by atoms with Gasteiger partial charge in [-0.3, -0.25) is 4.99 Å². The van der Waals surface area contributed by atoms with E-state index in [4.69, 9.17) is 0 Å². The van der Waals surface area contributed by atoms with Crippen molar-refractivity contribution < 1.29 is 5.11 Å². The van der Waals surface area contributed by atoms with Crippen molar-refractivity contribution in [1.29, 1.82) is 0 Å². The Morgan fingerprint density at radius 3 is 2.60 bits per heavy atom. The first-order chi connectivity index (χ1) is 7.31. The number of nitrogens with zero attached hydrogens (tertiary/aromatic N) is 2. The fraction of sp³-hybridized carbons (Fsp3) is 0.417. The van der Waals surface area contributed by atoms with Gasteiger partial charge in [0.25, 0.3) is 0 Å². The average Bonchev–Trinajstić information content (AvgIpc) is 2.30. The molecule has 0 aliphatic carbocycles. The second kappa shape index (κ2) is 4.45. The summed E-state index contributed by atoms with van der Waals surface area (Å²) in [7, 11) is 0. The molecule has 0 saturated carbocycles. The van der Waals surface area contributed by atoms with Gasteiger partial charge in [0.2, 0.25) is 0 Å². The van der Waals surface area contributed by atoms with Crippen molar-refractivity contribution in [3.63, 3.8) is 0 Å². The van der Waals surface area contributed by atoms with Crippen molar-refractivity contribution in [3.8, 4) is 0 Å². The van der Waals surface area contributed by atoms with Gasteiger partial charge in [-0.2, -0.15) is 0 Å². The van der Waals surface area contributed by atoms with Crippen LogP contribution in [0.15, 0.2) is 29.3 Å². The first-order valence-electron chi connectivity index (χ1n) is 5.30. The van der Waals surface area contributed by atoms with Crippen LogP contribution in [-0.2, 0) is 0 Å². The van der Waals surface area contributed by atoms with Crippen LogP contribution in [0, 0.1) is 0 Å². The zero-order chi connectivity index (χ0) is 10.7. The SMILES string of the molecule is C=Nc1ccccc1N1CCC(O)CC1. The minimum Gasteiger partial charge on any atom is -0.393 e. The number of benzene rings is 1. The number of rotatable bonds is 2. The van der Waals surface area contributed by atoms with Gasteiger partial charge >= 0.3 is 0 Å². The van der Waals surface area contributed by atoms with Gasteiger partial charge in [-0.05, 0) is 31.7 Å². The molecule has 0 spiro atoms. The Morgan fingerprint density at radius 2 is 1.93 bits per heavy atom. The number of para-hydroxylation sites is 2. The summed E-state index contributed by atoms with van der Waals surface area (Å²) >= 11 is 0. The lowest BCUT2D eigenvalue weighted by molar-refractivity contribution is 0.145. The quantitative estimate of drug-likeness (QED) is 0.748. The van der Waals surface area contributed by atoms with Crippen LogP contribution in [0.5, 0.6) is 0 Å². The van der Waals surface area contributed by atoms with Crippen molar-refractivity contribution in [2.24, 2.45) is 4.99 Å². The number of anilines is 1. The number of hydrogen-bond acceptors (Lipinski definition) is 3. The van der Waals surface area contributed by atoms with E-state index in [-0.39, 0.29) is 6.10 Å². The molecule has 0 bridgehead atoms. The lowest BCUT2D eigenvalue weighted by Gasteiger charge is -2.32. The minimum absolute atomic E-state index is 0.134. The summed E-state index contributed by atoms with van der Waals surface area (Å²) in [5, 5.41) is 9.44. The highest BCUT2D eigenvalue weighted by atomic mass is 16.3. The van der Waals surface area contributed by atoms with E-state index in [0.717, 1.165) is 37.3 Å². The number of aliphatic hydroxyl groups excluding tert-OH is 1. The molecule has 0 unspecified atom stereocenters. The Kier molecular flexibility index (Phi) is 3.02. The van der Waals surface area contributed by atoms with E-state index >= 15 is 0 Å². The smallest absolute Gasteiger partial charge is 0.0855 e. The molecular weight excluding hydrogens is 188 g/mol. The summed E-state index contributed by atoms with van der Waals surface area (Å²) in [5.74, 6) is 0. The van der Waals surface area contributed by atoms with E-state index in [1.807, 2.05) is 18.2 Å². The molecule has 1 aliphatic rings. The highest BCUT2D eigenvalue weighted by molar-refractivity contribution is 5.68. The van der Waals surface area contributed by atoms with Gasteiger partial charge < -0.3 is 10.0 Å². The molecular formula is C12H16N2O. The third-order valence-electron chi connectivity index (χ3n) is 2.86. The number of piperidine rings is 1. The summed E-state index contributed by atoms with van der Waals surface area (Å²) in [6.45, 7) is 5.37. The van der Waals surface area contributed by atoms with E-state index in [9.17, 15) is 5.11 Å². The molecule has 1 fully saturated rings. The molecule has 1 N–H and O–H groups in total. The molecule has 0 aromatic heterocycles. The zero-order valence-corrected chi connectivity index (χ0v) is 8.76. The molecule has 3 nitrogen and oxygen atoms in total. The van der Waals surface area contributed by atoms with Crippen LogP contribution in [-0.4, -0.2) is 31.0 Å². The van der Waals surface area contributed by atoms with Crippen molar-refractivity contribution >= 4 is 18.1 Å². The molecule has 1 heterocycles. The predicted molar refractivity (Wildman–Crippen MR) is 63.1 cm³/mol. The Labute approximate surface area is 90.1 Å². The van der Waals surface area contributed by atoms with Crippen molar-refractivity contribution in [1.82, 2.24) is 0 Å². The first-order valence-corrected chi connectivity index (χ1v) is 5.30. The molecule has 0 atom stereocenters. The number of aliphatic hydroxyl groups is 1. The van der Waals surface area contributed by atoms with Gasteiger partial charge in [-0.1, -0.05) is 12.1 Å². The van der Waals surface area contributed by atoms with Crippen molar-refractivity contribution in [2.45, 2.75) is 18.9 Å². The maximum atomic E-state index is 9.44. The maximum Gasteiger partial charge on any atom is 0.0855 e. The van der Waals surface area contributed by atoms with Gasteiger partial charge in [0.15, 0.2) is 0 Å². The highest BCUT2D eigenvalue weighted by Gasteiger charge is 2.18. The van der Waals surface area contributed by atoms with Gasteiger partial charge in [-0.15, -0.1) is 0 Å². The molecule has 0 amide bonds. The summed E-state index contributed by atoms with van der Waals surface area (Å²) in [6.07, 6.45) is 1.54. The summed E-state index contributed by atoms with van der Waals surface area (Å²) in [6, 6.07) is 8.00. The Morgan fingerprint density at radius 1 is 1.27 bits per heavy atom. The Bertz CT molecular complexity index is 343.